The molecule has 0 aliphatic carbocycles. The molecule has 1 unspecified atom stereocenters. The van der Waals surface area contributed by atoms with E-state index in [1.807, 2.05) is 0 Å². The van der Waals surface area contributed by atoms with Crippen molar-refractivity contribution in [2.24, 2.45) is 0 Å². The maximum absolute atomic E-state index is 5.68. The molecular weight excluding hydrogens is 232 g/mol. The summed E-state index contributed by atoms with van der Waals surface area (Å²) in [6.45, 7) is 3.60. The Morgan fingerprint density at radius 3 is 3.17 bits per heavy atom. The Morgan fingerprint density at radius 2 is 2.39 bits per heavy atom. The van der Waals surface area contributed by atoms with E-state index >= 15 is 0 Å². The number of anilines is 2. The van der Waals surface area contributed by atoms with Gasteiger partial charge in [-0.05, 0) is 19.8 Å². The van der Waals surface area contributed by atoms with E-state index in [1.165, 1.54) is 0 Å². The highest BCUT2D eigenvalue weighted by Gasteiger charge is 2.28. The quantitative estimate of drug-likeness (QED) is 0.730. The van der Waals surface area contributed by atoms with E-state index in [2.05, 4.69) is 32.2 Å². The van der Waals surface area contributed by atoms with Gasteiger partial charge in [-0.25, -0.2) is 4.98 Å². The van der Waals surface area contributed by atoms with Gasteiger partial charge in [-0.1, -0.05) is 0 Å². The number of fused-ring (bicyclic) bond motifs is 1. The lowest BCUT2D eigenvalue weighted by Crippen LogP contribution is -2.43. The van der Waals surface area contributed by atoms with Gasteiger partial charge in [-0.2, -0.15) is 9.97 Å². The molecule has 7 heteroatoms. The number of hydrogen-bond donors (Lipinski definition) is 3. The average Bonchev–Trinajstić information content (AvgIpc) is 2.77. The van der Waals surface area contributed by atoms with E-state index < -0.39 is 0 Å². The Labute approximate surface area is 104 Å². The van der Waals surface area contributed by atoms with Crippen LogP contribution in [0, 0.1) is 0 Å². The summed E-state index contributed by atoms with van der Waals surface area (Å²) < 4.78 is 5.52. The van der Waals surface area contributed by atoms with Gasteiger partial charge in [0.1, 0.15) is 5.52 Å². The van der Waals surface area contributed by atoms with Crippen LogP contribution in [0.3, 0.4) is 0 Å². The van der Waals surface area contributed by atoms with E-state index in [1.54, 1.807) is 6.33 Å². The van der Waals surface area contributed by atoms with E-state index in [0.29, 0.717) is 18.1 Å². The van der Waals surface area contributed by atoms with Gasteiger partial charge >= 0.3 is 0 Å². The SMILES string of the molecule is CC1(Nc2nc(N)nc3nc[nH]c23)CCCOC1. The van der Waals surface area contributed by atoms with Crippen molar-refractivity contribution in [3.8, 4) is 0 Å². The van der Waals surface area contributed by atoms with Crippen LogP contribution in [0.1, 0.15) is 19.8 Å². The van der Waals surface area contributed by atoms with E-state index in [0.717, 1.165) is 25.0 Å². The second-order valence-electron chi connectivity index (χ2n) is 4.87. The smallest absolute Gasteiger partial charge is 0.224 e. The number of nitrogens with two attached hydrogens (primary N) is 1. The molecule has 0 saturated carbocycles. The molecule has 0 bridgehead atoms. The van der Waals surface area contributed by atoms with E-state index in [4.69, 9.17) is 10.5 Å². The number of ether oxygens (including phenoxy) is 1. The van der Waals surface area contributed by atoms with Crippen LogP contribution >= 0.6 is 0 Å². The lowest BCUT2D eigenvalue weighted by atomic mass is 9.95. The molecule has 2 aromatic rings. The maximum Gasteiger partial charge on any atom is 0.224 e. The fourth-order valence-corrected chi connectivity index (χ4v) is 2.26. The number of hydrogen-bond acceptors (Lipinski definition) is 6. The van der Waals surface area contributed by atoms with Crippen molar-refractivity contribution >= 4 is 22.9 Å². The first kappa shape index (κ1) is 11.2. The zero-order valence-electron chi connectivity index (χ0n) is 10.2. The standard InChI is InChI=1S/C11H16N6O/c1-11(3-2-4-18-5-11)17-9-7-8(14-6-13-7)15-10(12)16-9/h6H,2-5H2,1H3,(H4,12,13,14,15,16,17). The third-order valence-corrected chi connectivity index (χ3v) is 3.16. The second kappa shape index (κ2) is 4.09. The minimum Gasteiger partial charge on any atom is -0.379 e. The first-order valence-electron chi connectivity index (χ1n) is 5.99. The molecule has 1 aliphatic rings. The molecule has 1 atom stereocenters. The van der Waals surface area contributed by atoms with Crippen LogP contribution in [0.2, 0.25) is 0 Å². The topological polar surface area (TPSA) is 102 Å². The molecule has 1 saturated heterocycles. The first-order chi connectivity index (χ1) is 8.66. The molecule has 0 amide bonds. The van der Waals surface area contributed by atoms with Crippen LogP contribution in [0.15, 0.2) is 6.33 Å². The van der Waals surface area contributed by atoms with Gasteiger partial charge in [0.25, 0.3) is 0 Å². The number of H-pyrrole nitrogens is 1. The van der Waals surface area contributed by atoms with Gasteiger partial charge in [0.15, 0.2) is 11.5 Å². The Balaban J connectivity index is 1.96. The Morgan fingerprint density at radius 1 is 1.50 bits per heavy atom. The number of aromatic amines is 1. The molecule has 96 valence electrons. The predicted octanol–water partition coefficient (Wildman–Crippen LogP) is 0.916. The number of aromatic nitrogens is 4. The molecule has 3 rings (SSSR count). The second-order valence-corrected chi connectivity index (χ2v) is 4.87. The monoisotopic (exact) mass is 248 g/mol. The zero-order chi connectivity index (χ0) is 12.6. The molecule has 1 aliphatic heterocycles. The normalized spacial score (nSPS) is 24.3. The highest BCUT2D eigenvalue weighted by atomic mass is 16.5. The molecule has 7 nitrogen and oxygen atoms in total. The molecule has 1 fully saturated rings. The van der Waals surface area contributed by atoms with Gasteiger partial charge in [0.05, 0.1) is 18.5 Å². The summed E-state index contributed by atoms with van der Waals surface area (Å²) in [4.78, 5) is 15.4. The van der Waals surface area contributed by atoms with Crippen molar-refractivity contribution in [2.75, 3.05) is 24.3 Å². The van der Waals surface area contributed by atoms with Crippen LogP contribution in [0.5, 0.6) is 0 Å². The van der Waals surface area contributed by atoms with Crippen LogP contribution in [-0.2, 0) is 4.74 Å². The van der Waals surface area contributed by atoms with Gasteiger partial charge in [0.2, 0.25) is 5.95 Å². The Hall–Kier alpha value is -1.89. The maximum atomic E-state index is 5.68. The Bertz CT molecular complexity index is 560. The van der Waals surface area contributed by atoms with Crippen molar-refractivity contribution in [3.05, 3.63) is 6.33 Å². The minimum atomic E-state index is -0.128. The number of nitrogens with one attached hydrogen (secondary N) is 2. The highest BCUT2D eigenvalue weighted by molar-refractivity contribution is 5.83. The summed E-state index contributed by atoms with van der Waals surface area (Å²) in [5.41, 5.74) is 6.91. The lowest BCUT2D eigenvalue weighted by Gasteiger charge is -2.34. The number of nitrogen functional groups attached to an aromatic ring is 1. The van der Waals surface area contributed by atoms with Gasteiger partial charge in [-0.15, -0.1) is 0 Å². The van der Waals surface area contributed by atoms with Gasteiger partial charge in [0, 0.05) is 6.61 Å². The van der Waals surface area contributed by atoms with Crippen molar-refractivity contribution in [3.63, 3.8) is 0 Å². The molecule has 0 radical (unpaired) electrons. The third kappa shape index (κ3) is 1.97. The molecule has 18 heavy (non-hydrogen) atoms. The summed E-state index contributed by atoms with van der Waals surface area (Å²) in [5, 5.41) is 3.40. The average molecular weight is 248 g/mol. The molecule has 0 aromatic carbocycles. The molecule has 0 spiro atoms. The summed E-state index contributed by atoms with van der Waals surface area (Å²) in [6, 6.07) is 0. The lowest BCUT2D eigenvalue weighted by molar-refractivity contribution is 0.0539. The fraction of sp³-hybridized carbons (Fsp3) is 0.545. The van der Waals surface area contributed by atoms with Crippen molar-refractivity contribution < 1.29 is 4.74 Å². The first-order valence-corrected chi connectivity index (χ1v) is 5.99. The van der Waals surface area contributed by atoms with E-state index in [-0.39, 0.29) is 11.5 Å². The fourth-order valence-electron chi connectivity index (χ4n) is 2.26. The van der Waals surface area contributed by atoms with Gasteiger partial charge in [-0.3, -0.25) is 0 Å². The number of imidazole rings is 1. The van der Waals surface area contributed by atoms with Crippen molar-refractivity contribution in [2.45, 2.75) is 25.3 Å². The Kier molecular flexibility index (Phi) is 2.55. The van der Waals surface area contributed by atoms with Crippen LogP contribution in [0.25, 0.3) is 11.2 Å². The zero-order valence-corrected chi connectivity index (χ0v) is 10.2. The van der Waals surface area contributed by atoms with Crippen molar-refractivity contribution in [1.82, 2.24) is 19.9 Å². The number of rotatable bonds is 2. The van der Waals surface area contributed by atoms with Crippen LogP contribution in [-0.4, -0.2) is 38.7 Å². The molecule has 3 heterocycles. The molecule has 2 aromatic heterocycles. The summed E-state index contributed by atoms with van der Waals surface area (Å²) >= 11 is 0. The third-order valence-electron chi connectivity index (χ3n) is 3.16. The number of nitrogens with zero attached hydrogens (tertiary/aromatic N) is 3. The van der Waals surface area contributed by atoms with Crippen LogP contribution < -0.4 is 11.1 Å². The summed E-state index contributed by atoms with van der Waals surface area (Å²) in [6.07, 6.45) is 3.66. The van der Waals surface area contributed by atoms with Crippen molar-refractivity contribution in [1.29, 1.82) is 0 Å². The van der Waals surface area contributed by atoms with Crippen LogP contribution in [0.4, 0.5) is 11.8 Å². The predicted molar refractivity (Wildman–Crippen MR) is 68.2 cm³/mol. The summed E-state index contributed by atoms with van der Waals surface area (Å²) in [7, 11) is 0. The largest absolute Gasteiger partial charge is 0.379 e. The molecular formula is C11H16N6O. The highest BCUT2D eigenvalue weighted by Crippen LogP contribution is 2.26. The van der Waals surface area contributed by atoms with E-state index in [9.17, 15) is 0 Å². The molecule has 4 N–H and O–H groups in total. The summed E-state index contributed by atoms with van der Waals surface area (Å²) in [5.74, 6) is 0.903. The minimum absolute atomic E-state index is 0.128. The van der Waals surface area contributed by atoms with Gasteiger partial charge < -0.3 is 20.8 Å².